The summed E-state index contributed by atoms with van der Waals surface area (Å²) in [6.45, 7) is 3.56. The Morgan fingerprint density at radius 3 is 2.76 bits per heavy atom. The number of hydrogen-bond donors (Lipinski definition) is 3. The molecule has 0 unspecified atom stereocenters. The highest BCUT2D eigenvalue weighted by molar-refractivity contribution is 6.16. The third kappa shape index (κ3) is 4.70. The van der Waals surface area contributed by atoms with E-state index in [4.69, 9.17) is 5.73 Å². The van der Waals surface area contributed by atoms with Crippen LogP contribution in [-0.4, -0.2) is 74.6 Å². The summed E-state index contributed by atoms with van der Waals surface area (Å²) in [5.74, 6) is -2.30. The minimum atomic E-state index is -1.09. The van der Waals surface area contributed by atoms with Crippen molar-refractivity contribution < 1.29 is 19.2 Å². The van der Waals surface area contributed by atoms with E-state index in [1.54, 1.807) is 6.20 Å². The van der Waals surface area contributed by atoms with Crippen molar-refractivity contribution in [2.45, 2.75) is 63.6 Å². The molecular weight excluding hydrogens is 376 g/mol. The molecule has 10 nitrogen and oxygen atoms in total. The molecule has 2 fully saturated rings. The number of nitrogens with one attached hydrogen (secondary N) is 2. The van der Waals surface area contributed by atoms with Gasteiger partial charge in [-0.25, -0.2) is 9.88 Å². The highest BCUT2D eigenvalue weighted by Gasteiger charge is 2.45. The molecule has 1 aromatic rings. The molecule has 158 valence electrons. The van der Waals surface area contributed by atoms with E-state index in [1.165, 1.54) is 6.33 Å². The highest BCUT2D eigenvalue weighted by Crippen LogP contribution is 2.22. The van der Waals surface area contributed by atoms with Gasteiger partial charge < -0.3 is 16.0 Å². The van der Waals surface area contributed by atoms with Crippen LogP contribution in [0.5, 0.6) is 0 Å². The van der Waals surface area contributed by atoms with Crippen LogP contribution in [0.1, 0.15) is 44.7 Å². The van der Waals surface area contributed by atoms with E-state index < -0.39 is 35.8 Å². The molecule has 3 atom stereocenters. The van der Waals surface area contributed by atoms with Gasteiger partial charge in [0.15, 0.2) is 0 Å². The molecule has 2 aliphatic heterocycles. The van der Waals surface area contributed by atoms with Crippen molar-refractivity contribution in [2.24, 2.45) is 5.73 Å². The number of rotatable bonds is 8. The maximum atomic E-state index is 13.3. The van der Waals surface area contributed by atoms with Gasteiger partial charge in [-0.15, -0.1) is 0 Å². The number of hydrogen-bond acceptors (Lipinski definition) is 7. The van der Waals surface area contributed by atoms with Crippen molar-refractivity contribution >= 4 is 23.6 Å². The molecule has 29 heavy (non-hydrogen) atoms. The first-order valence-electron chi connectivity index (χ1n) is 10.1. The van der Waals surface area contributed by atoms with Gasteiger partial charge >= 0.3 is 0 Å². The number of unbranched alkanes of at least 4 members (excludes halogenated alkanes) is 1. The Morgan fingerprint density at radius 2 is 2.14 bits per heavy atom. The monoisotopic (exact) mass is 404 g/mol. The lowest BCUT2D eigenvalue weighted by molar-refractivity contribution is -0.160. The maximum absolute atomic E-state index is 13.3. The van der Waals surface area contributed by atoms with Crippen LogP contribution in [0.3, 0.4) is 0 Å². The van der Waals surface area contributed by atoms with Gasteiger partial charge in [-0.2, -0.15) is 0 Å². The molecule has 3 rings (SSSR count). The van der Waals surface area contributed by atoms with E-state index in [2.05, 4.69) is 22.2 Å². The first-order valence-corrected chi connectivity index (χ1v) is 10.1. The lowest BCUT2D eigenvalue weighted by Gasteiger charge is -2.34. The largest absolute Gasteiger partial charge is 0.351 e. The Kier molecular flexibility index (Phi) is 6.75. The van der Waals surface area contributed by atoms with Crippen LogP contribution in [0.2, 0.25) is 0 Å². The molecule has 10 heteroatoms. The van der Waals surface area contributed by atoms with Gasteiger partial charge in [0, 0.05) is 12.6 Å². The van der Waals surface area contributed by atoms with Gasteiger partial charge in [0.2, 0.25) is 5.91 Å². The van der Waals surface area contributed by atoms with Crippen molar-refractivity contribution in [1.29, 1.82) is 0 Å². The van der Waals surface area contributed by atoms with Crippen LogP contribution in [0, 0.1) is 0 Å². The number of carbonyl (C=O) groups excluding carboxylic acids is 4. The fourth-order valence-corrected chi connectivity index (χ4v) is 3.75. The number of aromatic nitrogens is 2. The third-order valence-electron chi connectivity index (χ3n) is 5.43. The van der Waals surface area contributed by atoms with Gasteiger partial charge in [0.05, 0.1) is 30.5 Å². The second-order valence-corrected chi connectivity index (χ2v) is 7.59. The van der Waals surface area contributed by atoms with E-state index in [-0.39, 0.29) is 18.7 Å². The summed E-state index contributed by atoms with van der Waals surface area (Å²) in [7, 11) is 0. The van der Waals surface area contributed by atoms with Crippen molar-refractivity contribution in [3.63, 3.8) is 0 Å². The summed E-state index contributed by atoms with van der Waals surface area (Å²) in [5, 5.41) is 2.45. The molecule has 0 saturated carbocycles. The maximum Gasteiger partial charge on any atom is 0.259 e. The number of nitrogens with two attached hydrogens (primary N) is 1. The third-order valence-corrected chi connectivity index (χ3v) is 5.43. The number of aromatic amines is 1. The van der Waals surface area contributed by atoms with Gasteiger partial charge in [-0.3, -0.25) is 24.1 Å². The summed E-state index contributed by atoms with van der Waals surface area (Å²) in [4.78, 5) is 60.0. The lowest BCUT2D eigenvalue weighted by Crippen LogP contribution is -2.64. The molecule has 0 spiro atoms. The van der Waals surface area contributed by atoms with Crippen LogP contribution in [0.4, 0.5) is 0 Å². The van der Waals surface area contributed by atoms with E-state index in [0.29, 0.717) is 17.0 Å². The van der Waals surface area contributed by atoms with Crippen LogP contribution >= 0.6 is 0 Å². The molecule has 0 aromatic carbocycles. The molecule has 0 bridgehead atoms. The van der Waals surface area contributed by atoms with Gasteiger partial charge in [0.25, 0.3) is 17.7 Å². The molecule has 2 aliphatic rings. The lowest BCUT2D eigenvalue weighted by atomic mass is 10.0. The van der Waals surface area contributed by atoms with Crippen molar-refractivity contribution in [1.82, 2.24) is 25.1 Å². The Morgan fingerprint density at radius 1 is 1.38 bits per heavy atom. The standard InChI is InChI=1S/C19H28N6O4/c1-2-3-6-24-7-4-5-15(24)19(29)25(18(28)14-9-16(26)23-14)17(27)13(20)8-12-10-21-11-22-12/h10-11,13-15H,2-9,20H2,1H3,(H,21,22)(H,23,26)/t13-,14-,15-/m0/s1. The van der Waals surface area contributed by atoms with Gasteiger partial charge in [0.1, 0.15) is 6.04 Å². The zero-order chi connectivity index (χ0) is 21.0. The van der Waals surface area contributed by atoms with Gasteiger partial charge in [-0.05, 0) is 32.4 Å². The van der Waals surface area contributed by atoms with Crippen LogP contribution < -0.4 is 11.1 Å². The SMILES string of the molecule is CCCCN1CCC[C@H]1C(=O)N(C(=O)[C@@H]1CC(=O)N1)C(=O)[C@@H](N)Cc1c[nH]cn1. The van der Waals surface area contributed by atoms with Crippen molar-refractivity contribution in [2.75, 3.05) is 13.1 Å². The predicted octanol–water partition coefficient (Wildman–Crippen LogP) is -0.686. The zero-order valence-corrected chi connectivity index (χ0v) is 16.6. The highest BCUT2D eigenvalue weighted by atomic mass is 16.2. The number of imidazole rings is 1. The normalized spacial score (nSPS) is 22.6. The van der Waals surface area contributed by atoms with Gasteiger partial charge in [-0.1, -0.05) is 13.3 Å². The van der Waals surface area contributed by atoms with Crippen molar-refractivity contribution in [3.8, 4) is 0 Å². The molecule has 0 aliphatic carbocycles. The quantitative estimate of drug-likeness (QED) is 0.385. The number of likely N-dealkylation sites (tertiary alicyclic amines) is 1. The predicted molar refractivity (Wildman–Crippen MR) is 103 cm³/mol. The Labute approximate surface area is 169 Å². The second kappa shape index (κ2) is 9.27. The summed E-state index contributed by atoms with van der Waals surface area (Å²) in [6.07, 6.45) is 6.48. The van der Waals surface area contributed by atoms with E-state index in [0.717, 1.165) is 32.4 Å². The van der Waals surface area contributed by atoms with Crippen LogP contribution in [-0.2, 0) is 25.6 Å². The number of imide groups is 3. The average Bonchev–Trinajstić information content (AvgIpc) is 3.35. The summed E-state index contributed by atoms with van der Waals surface area (Å²) in [6, 6.07) is -2.48. The Bertz CT molecular complexity index is 757. The van der Waals surface area contributed by atoms with E-state index >= 15 is 0 Å². The minimum absolute atomic E-state index is 0.0330. The summed E-state index contributed by atoms with van der Waals surface area (Å²) < 4.78 is 0. The molecule has 4 amide bonds. The number of β-lactam (4-membered cyclic amide) rings is 1. The molecule has 2 saturated heterocycles. The smallest absolute Gasteiger partial charge is 0.259 e. The zero-order valence-electron chi connectivity index (χ0n) is 16.6. The minimum Gasteiger partial charge on any atom is -0.351 e. The first-order chi connectivity index (χ1) is 13.9. The second-order valence-electron chi connectivity index (χ2n) is 7.59. The number of nitrogens with zero attached hydrogens (tertiary/aromatic N) is 3. The Balaban J connectivity index is 1.78. The summed E-state index contributed by atoms with van der Waals surface area (Å²) in [5.41, 5.74) is 6.60. The topological polar surface area (TPSA) is 141 Å². The van der Waals surface area contributed by atoms with Crippen LogP contribution in [0.15, 0.2) is 12.5 Å². The average molecular weight is 404 g/mol. The number of H-pyrrole nitrogens is 1. The Hall–Kier alpha value is -2.59. The molecule has 1 aromatic heterocycles. The van der Waals surface area contributed by atoms with Crippen LogP contribution in [0.25, 0.3) is 0 Å². The first kappa shape index (κ1) is 21.1. The van der Waals surface area contributed by atoms with E-state index in [1.807, 2.05) is 4.90 Å². The molecule has 0 radical (unpaired) electrons. The fourth-order valence-electron chi connectivity index (χ4n) is 3.75. The molecule has 3 heterocycles. The fraction of sp³-hybridized carbons (Fsp3) is 0.632. The van der Waals surface area contributed by atoms with Crippen molar-refractivity contribution in [3.05, 3.63) is 18.2 Å². The number of amides is 4. The molecule has 4 N–H and O–H groups in total. The van der Waals surface area contributed by atoms with E-state index in [9.17, 15) is 19.2 Å². The summed E-state index contributed by atoms with van der Waals surface area (Å²) >= 11 is 0. The number of carbonyl (C=O) groups is 4. The molecular formula is C19H28N6O4.